The van der Waals surface area contributed by atoms with Gasteiger partial charge in [0.05, 0.1) is 18.0 Å². The van der Waals surface area contributed by atoms with Crippen molar-refractivity contribution in [2.24, 2.45) is 17.6 Å². The Bertz CT molecular complexity index is 271. The van der Waals surface area contributed by atoms with E-state index in [1.54, 1.807) is 4.90 Å². The number of nitrogens with zero attached hydrogens (tertiary/aromatic N) is 2. The van der Waals surface area contributed by atoms with Crippen molar-refractivity contribution in [2.45, 2.75) is 32.7 Å². The Morgan fingerprint density at radius 2 is 2.40 bits per heavy atom. The second kappa shape index (κ2) is 5.13. The molecular weight excluding hydrogens is 190 g/mol. The number of nitriles is 1. The van der Waals surface area contributed by atoms with Crippen LogP contribution in [0.4, 0.5) is 0 Å². The van der Waals surface area contributed by atoms with Gasteiger partial charge in [-0.2, -0.15) is 5.26 Å². The Labute approximate surface area is 91.0 Å². The molecule has 1 aliphatic heterocycles. The maximum absolute atomic E-state index is 11.9. The molecule has 1 fully saturated rings. The van der Waals surface area contributed by atoms with Gasteiger partial charge in [0.2, 0.25) is 5.91 Å². The van der Waals surface area contributed by atoms with Crippen LogP contribution in [0, 0.1) is 23.2 Å². The van der Waals surface area contributed by atoms with Gasteiger partial charge in [-0.25, -0.2) is 0 Å². The summed E-state index contributed by atoms with van der Waals surface area (Å²) in [6.07, 6.45) is 1.69. The van der Waals surface area contributed by atoms with Crippen molar-refractivity contribution >= 4 is 5.91 Å². The molecule has 4 heteroatoms. The number of rotatable bonds is 3. The van der Waals surface area contributed by atoms with Crippen LogP contribution in [0.3, 0.4) is 0 Å². The Morgan fingerprint density at radius 3 is 2.87 bits per heavy atom. The molecule has 0 spiro atoms. The molecule has 3 atom stereocenters. The summed E-state index contributed by atoms with van der Waals surface area (Å²) in [4.78, 5) is 13.6. The second-order valence-electron chi connectivity index (χ2n) is 4.31. The van der Waals surface area contributed by atoms with E-state index in [0.717, 1.165) is 12.8 Å². The highest BCUT2D eigenvalue weighted by atomic mass is 16.2. The molecule has 1 aliphatic rings. The van der Waals surface area contributed by atoms with Gasteiger partial charge in [-0.05, 0) is 12.3 Å². The summed E-state index contributed by atoms with van der Waals surface area (Å²) >= 11 is 0. The number of hydrogen-bond donors (Lipinski definition) is 1. The van der Waals surface area contributed by atoms with Gasteiger partial charge in [0, 0.05) is 13.1 Å². The van der Waals surface area contributed by atoms with Crippen LogP contribution >= 0.6 is 0 Å². The largest absolute Gasteiger partial charge is 0.340 e. The third-order valence-electron chi connectivity index (χ3n) is 3.22. The van der Waals surface area contributed by atoms with E-state index >= 15 is 0 Å². The predicted octanol–water partition coefficient (Wildman–Crippen LogP) is 0.732. The summed E-state index contributed by atoms with van der Waals surface area (Å²) < 4.78 is 0. The second-order valence-corrected chi connectivity index (χ2v) is 4.31. The van der Waals surface area contributed by atoms with Crippen LogP contribution in [0.25, 0.3) is 0 Å². The zero-order chi connectivity index (χ0) is 11.4. The number of nitrogens with two attached hydrogens (primary N) is 1. The fraction of sp³-hybridized carbons (Fsp3) is 0.818. The molecule has 1 saturated heterocycles. The lowest BCUT2D eigenvalue weighted by molar-refractivity contribution is -0.132. The molecule has 0 aliphatic carbocycles. The topological polar surface area (TPSA) is 70.1 Å². The zero-order valence-electron chi connectivity index (χ0n) is 9.44. The molecule has 1 unspecified atom stereocenters. The first-order valence-electron chi connectivity index (χ1n) is 5.54. The zero-order valence-corrected chi connectivity index (χ0v) is 9.44. The molecule has 4 nitrogen and oxygen atoms in total. The third kappa shape index (κ3) is 2.69. The summed E-state index contributed by atoms with van der Waals surface area (Å²) in [7, 11) is 0. The SMILES string of the molecule is CC[C@@H](C)[C@@H](N)C(=O)N1CCC(C#N)C1. The van der Waals surface area contributed by atoms with Crippen molar-refractivity contribution in [3.63, 3.8) is 0 Å². The number of carbonyl (C=O) groups excluding carboxylic acids is 1. The van der Waals surface area contributed by atoms with E-state index in [1.165, 1.54) is 0 Å². The van der Waals surface area contributed by atoms with Crippen molar-refractivity contribution in [3.8, 4) is 6.07 Å². The first-order chi connectivity index (χ1) is 7.10. The Kier molecular flexibility index (Phi) is 4.10. The maximum atomic E-state index is 11.9. The number of carbonyl (C=O) groups is 1. The molecule has 15 heavy (non-hydrogen) atoms. The monoisotopic (exact) mass is 209 g/mol. The van der Waals surface area contributed by atoms with E-state index in [0.29, 0.717) is 13.1 Å². The van der Waals surface area contributed by atoms with Crippen LogP contribution in [-0.4, -0.2) is 29.9 Å². The van der Waals surface area contributed by atoms with Crippen LogP contribution in [0.5, 0.6) is 0 Å². The number of hydrogen-bond acceptors (Lipinski definition) is 3. The molecular formula is C11H19N3O. The maximum Gasteiger partial charge on any atom is 0.239 e. The highest BCUT2D eigenvalue weighted by molar-refractivity contribution is 5.82. The first-order valence-corrected chi connectivity index (χ1v) is 5.54. The van der Waals surface area contributed by atoms with Gasteiger partial charge in [-0.1, -0.05) is 20.3 Å². The molecule has 0 saturated carbocycles. The van der Waals surface area contributed by atoms with E-state index in [4.69, 9.17) is 11.0 Å². The van der Waals surface area contributed by atoms with Gasteiger partial charge in [0.1, 0.15) is 0 Å². The van der Waals surface area contributed by atoms with Crippen molar-refractivity contribution in [1.29, 1.82) is 5.26 Å². The Hall–Kier alpha value is -1.08. The normalized spacial score (nSPS) is 24.7. The fourth-order valence-electron chi connectivity index (χ4n) is 1.77. The molecule has 0 aromatic carbocycles. The van der Waals surface area contributed by atoms with Gasteiger partial charge < -0.3 is 10.6 Å². The van der Waals surface area contributed by atoms with E-state index in [9.17, 15) is 4.79 Å². The first kappa shape index (κ1) is 12.0. The highest BCUT2D eigenvalue weighted by Gasteiger charge is 2.30. The van der Waals surface area contributed by atoms with Crippen molar-refractivity contribution in [3.05, 3.63) is 0 Å². The molecule has 0 radical (unpaired) electrons. The van der Waals surface area contributed by atoms with Gasteiger partial charge in [0.15, 0.2) is 0 Å². The third-order valence-corrected chi connectivity index (χ3v) is 3.22. The quantitative estimate of drug-likeness (QED) is 0.745. The average molecular weight is 209 g/mol. The molecule has 0 bridgehead atoms. The summed E-state index contributed by atoms with van der Waals surface area (Å²) in [6, 6.07) is 1.79. The van der Waals surface area contributed by atoms with Crippen molar-refractivity contribution < 1.29 is 4.79 Å². The number of amides is 1. The minimum Gasteiger partial charge on any atom is -0.340 e. The van der Waals surface area contributed by atoms with Crippen molar-refractivity contribution in [1.82, 2.24) is 4.90 Å². The van der Waals surface area contributed by atoms with Crippen LogP contribution in [0.1, 0.15) is 26.7 Å². The fourth-order valence-corrected chi connectivity index (χ4v) is 1.77. The molecule has 0 aromatic heterocycles. The Balaban J connectivity index is 2.52. The van der Waals surface area contributed by atoms with Gasteiger partial charge in [-0.15, -0.1) is 0 Å². The molecule has 2 N–H and O–H groups in total. The lowest BCUT2D eigenvalue weighted by atomic mass is 9.99. The summed E-state index contributed by atoms with van der Waals surface area (Å²) in [5.41, 5.74) is 5.86. The minimum absolute atomic E-state index is 0.00178. The van der Waals surface area contributed by atoms with E-state index < -0.39 is 6.04 Å². The predicted molar refractivity (Wildman–Crippen MR) is 57.7 cm³/mol. The standard InChI is InChI=1S/C11H19N3O/c1-3-8(2)10(13)11(15)14-5-4-9(6-12)7-14/h8-10H,3-5,7,13H2,1-2H3/t8-,9?,10-/m1/s1. The highest BCUT2D eigenvalue weighted by Crippen LogP contribution is 2.17. The van der Waals surface area contributed by atoms with E-state index in [1.807, 2.05) is 13.8 Å². The summed E-state index contributed by atoms with van der Waals surface area (Å²) in [5.74, 6) is 0.207. The van der Waals surface area contributed by atoms with Gasteiger partial charge in [-0.3, -0.25) is 4.79 Å². The molecule has 1 heterocycles. The lowest BCUT2D eigenvalue weighted by Crippen LogP contribution is -2.46. The van der Waals surface area contributed by atoms with Gasteiger partial charge in [0.25, 0.3) is 0 Å². The molecule has 1 rings (SSSR count). The minimum atomic E-state index is -0.410. The molecule has 84 valence electrons. The molecule has 0 aromatic rings. The Morgan fingerprint density at radius 1 is 1.73 bits per heavy atom. The average Bonchev–Trinajstić information content (AvgIpc) is 2.74. The summed E-state index contributed by atoms with van der Waals surface area (Å²) in [5, 5.41) is 8.74. The number of likely N-dealkylation sites (tertiary alicyclic amines) is 1. The van der Waals surface area contributed by atoms with Crippen LogP contribution in [0.2, 0.25) is 0 Å². The summed E-state index contributed by atoms with van der Waals surface area (Å²) in [6.45, 7) is 5.25. The van der Waals surface area contributed by atoms with E-state index in [2.05, 4.69) is 6.07 Å². The molecule has 1 amide bonds. The van der Waals surface area contributed by atoms with Crippen LogP contribution < -0.4 is 5.73 Å². The van der Waals surface area contributed by atoms with E-state index in [-0.39, 0.29) is 17.7 Å². The van der Waals surface area contributed by atoms with Crippen LogP contribution in [-0.2, 0) is 4.79 Å². The lowest BCUT2D eigenvalue weighted by Gasteiger charge is -2.23. The van der Waals surface area contributed by atoms with Crippen LogP contribution in [0.15, 0.2) is 0 Å². The van der Waals surface area contributed by atoms with Crippen molar-refractivity contribution in [2.75, 3.05) is 13.1 Å². The van der Waals surface area contributed by atoms with Gasteiger partial charge >= 0.3 is 0 Å². The smallest absolute Gasteiger partial charge is 0.239 e.